The lowest BCUT2D eigenvalue weighted by Crippen LogP contribution is -2.12. The highest BCUT2D eigenvalue weighted by Crippen LogP contribution is 2.34. The van der Waals surface area contributed by atoms with E-state index in [9.17, 15) is 4.39 Å². The first-order valence-corrected chi connectivity index (χ1v) is 11.0. The van der Waals surface area contributed by atoms with Crippen LogP contribution in [0, 0.1) is 5.82 Å². The van der Waals surface area contributed by atoms with E-state index in [0.717, 1.165) is 37.1 Å². The molecule has 1 fully saturated rings. The van der Waals surface area contributed by atoms with Crippen LogP contribution in [0.4, 0.5) is 4.39 Å². The molecule has 0 saturated heterocycles. The fourth-order valence-corrected chi connectivity index (χ4v) is 4.49. The van der Waals surface area contributed by atoms with Gasteiger partial charge in [-0.3, -0.25) is 9.67 Å². The molecule has 4 rings (SSSR count). The van der Waals surface area contributed by atoms with Crippen LogP contribution >= 0.6 is 11.6 Å². The van der Waals surface area contributed by atoms with E-state index in [1.54, 1.807) is 12.3 Å². The third kappa shape index (κ3) is 5.05. The topological polar surface area (TPSA) is 30.7 Å². The van der Waals surface area contributed by atoms with Crippen LogP contribution in [0.3, 0.4) is 0 Å². The van der Waals surface area contributed by atoms with Crippen molar-refractivity contribution < 1.29 is 4.39 Å². The summed E-state index contributed by atoms with van der Waals surface area (Å²) in [5.41, 5.74) is 3.51. The van der Waals surface area contributed by atoms with Crippen LogP contribution in [0.1, 0.15) is 62.1 Å². The number of aromatic nitrogens is 3. The van der Waals surface area contributed by atoms with Gasteiger partial charge in [0.25, 0.3) is 0 Å². The summed E-state index contributed by atoms with van der Waals surface area (Å²) >= 11 is 6.53. The van der Waals surface area contributed by atoms with Crippen molar-refractivity contribution in [3.05, 3.63) is 71.8 Å². The zero-order valence-corrected chi connectivity index (χ0v) is 17.4. The predicted molar refractivity (Wildman–Crippen MR) is 116 cm³/mol. The number of halogens is 2. The van der Waals surface area contributed by atoms with Crippen molar-refractivity contribution in [2.24, 2.45) is 0 Å². The molecular formula is C24H27ClFN3. The van der Waals surface area contributed by atoms with Gasteiger partial charge in [-0.25, -0.2) is 4.39 Å². The summed E-state index contributed by atoms with van der Waals surface area (Å²) in [7, 11) is 0. The molecular weight excluding hydrogens is 385 g/mol. The molecule has 0 spiro atoms. The molecule has 2 aromatic heterocycles. The van der Waals surface area contributed by atoms with Gasteiger partial charge in [0, 0.05) is 28.7 Å². The number of pyridine rings is 1. The van der Waals surface area contributed by atoms with Crippen LogP contribution in [-0.4, -0.2) is 20.1 Å². The molecule has 2 atom stereocenters. The molecule has 0 N–H and O–H groups in total. The number of hydrogen-bond donors (Lipinski definition) is 0. The Morgan fingerprint density at radius 3 is 2.59 bits per heavy atom. The monoisotopic (exact) mass is 411 g/mol. The summed E-state index contributed by atoms with van der Waals surface area (Å²) in [5, 5.41) is 5.09. The number of hydrogen-bond acceptors (Lipinski definition) is 2. The highest BCUT2D eigenvalue weighted by Gasteiger charge is 2.22. The van der Waals surface area contributed by atoms with Gasteiger partial charge in [0.1, 0.15) is 11.5 Å². The Morgan fingerprint density at radius 1 is 0.931 bits per heavy atom. The standard InChI is InChI=1S/C24H27ClFN3/c25-20-10-3-1-2-8-18(13-14-20)24-16-23(22-12-6-7-15-27-22)28-29(24)17-19-9-4-5-11-21(19)26/h4-7,9,11-12,15-16,18,20H,1-3,8,10,13-14,17H2. The van der Waals surface area contributed by atoms with Crippen LogP contribution in [0.15, 0.2) is 54.7 Å². The molecule has 0 aliphatic heterocycles. The van der Waals surface area contributed by atoms with E-state index in [1.807, 2.05) is 35.0 Å². The second-order valence-corrected chi connectivity index (χ2v) is 8.55. The van der Waals surface area contributed by atoms with Gasteiger partial charge in [0.15, 0.2) is 0 Å². The van der Waals surface area contributed by atoms with E-state index in [2.05, 4.69) is 11.1 Å². The summed E-state index contributed by atoms with van der Waals surface area (Å²) in [6.07, 6.45) is 9.66. The summed E-state index contributed by atoms with van der Waals surface area (Å²) in [5.74, 6) is 0.190. The SMILES string of the molecule is Fc1ccccc1Cn1nc(-c2ccccn2)cc1C1CCCCCC(Cl)CC1. The zero-order valence-electron chi connectivity index (χ0n) is 16.6. The first-order chi connectivity index (χ1) is 14.2. The van der Waals surface area contributed by atoms with E-state index in [4.69, 9.17) is 16.7 Å². The largest absolute Gasteiger partial charge is 0.264 e. The summed E-state index contributed by atoms with van der Waals surface area (Å²) in [4.78, 5) is 4.46. The number of rotatable bonds is 4. The lowest BCUT2D eigenvalue weighted by atomic mass is 9.93. The quantitative estimate of drug-likeness (QED) is 0.454. The average molecular weight is 412 g/mol. The highest BCUT2D eigenvalue weighted by atomic mass is 35.5. The molecule has 2 unspecified atom stereocenters. The van der Waals surface area contributed by atoms with Gasteiger partial charge >= 0.3 is 0 Å². The maximum atomic E-state index is 14.3. The molecule has 152 valence electrons. The van der Waals surface area contributed by atoms with Gasteiger partial charge in [-0.05, 0) is 49.9 Å². The highest BCUT2D eigenvalue weighted by molar-refractivity contribution is 6.20. The fraction of sp³-hybridized carbons (Fsp3) is 0.417. The fourth-order valence-electron chi connectivity index (χ4n) is 4.21. The molecule has 1 aromatic carbocycles. The van der Waals surface area contributed by atoms with Crippen molar-refractivity contribution in [3.8, 4) is 11.4 Å². The molecule has 3 nitrogen and oxygen atoms in total. The Labute approximate surface area is 176 Å². The lowest BCUT2D eigenvalue weighted by molar-refractivity contribution is 0.489. The minimum Gasteiger partial charge on any atom is -0.264 e. The normalized spacial score (nSPS) is 20.6. The maximum Gasteiger partial charge on any atom is 0.128 e. The summed E-state index contributed by atoms with van der Waals surface area (Å²) < 4.78 is 16.3. The molecule has 0 radical (unpaired) electrons. The van der Waals surface area contributed by atoms with Crippen molar-refractivity contribution >= 4 is 11.6 Å². The van der Waals surface area contributed by atoms with Crippen LogP contribution in [-0.2, 0) is 6.54 Å². The number of nitrogens with zero attached hydrogens (tertiary/aromatic N) is 3. The molecule has 1 saturated carbocycles. The van der Waals surface area contributed by atoms with Gasteiger partial charge < -0.3 is 0 Å². The Morgan fingerprint density at radius 2 is 1.76 bits per heavy atom. The number of benzene rings is 1. The summed E-state index contributed by atoms with van der Waals surface area (Å²) in [6.45, 7) is 0.426. The van der Waals surface area contributed by atoms with Crippen molar-refractivity contribution in [3.63, 3.8) is 0 Å². The van der Waals surface area contributed by atoms with Crippen LogP contribution in [0.2, 0.25) is 0 Å². The van der Waals surface area contributed by atoms with E-state index in [1.165, 1.54) is 31.0 Å². The Hall–Kier alpha value is -2.20. The summed E-state index contributed by atoms with van der Waals surface area (Å²) in [6, 6.07) is 14.9. The van der Waals surface area contributed by atoms with Gasteiger partial charge in [0.05, 0.1) is 12.2 Å². The minimum absolute atomic E-state index is 0.191. The Bertz CT molecular complexity index is 925. The molecule has 1 aliphatic carbocycles. The predicted octanol–water partition coefficient (Wildman–Crippen LogP) is 6.57. The second-order valence-electron chi connectivity index (χ2n) is 7.93. The van der Waals surface area contributed by atoms with Crippen molar-refractivity contribution in [1.82, 2.24) is 14.8 Å². The molecule has 29 heavy (non-hydrogen) atoms. The van der Waals surface area contributed by atoms with E-state index in [-0.39, 0.29) is 11.2 Å². The molecule has 0 bridgehead atoms. The van der Waals surface area contributed by atoms with Crippen LogP contribution in [0.5, 0.6) is 0 Å². The third-order valence-electron chi connectivity index (χ3n) is 5.83. The van der Waals surface area contributed by atoms with E-state index in [0.29, 0.717) is 18.0 Å². The Balaban J connectivity index is 1.69. The third-order valence-corrected chi connectivity index (χ3v) is 6.27. The first kappa shape index (κ1) is 20.1. The maximum absolute atomic E-state index is 14.3. The van der Waals surface area contributed by atoms with Crippen LogP contribution < -0.4 is 0 Å². The smallest absolute Gasteiger partial charge is 0.128 e. The van der Waals surface area contributed by atoms with E-state index < -0.39 is 0 Å². The van der Waals surface area contributed by atoms with Gasteiger partial charge in [-0.15, -0.1) is 11.6 Å². The first-order valence-electron chi connectivity index (χ1n) is 10.6. The average Bonchev–Trinajstić information content (AvgIpc) is 3.19. The zero-order chi connectivity index (χ0) is 20.1. The second kappa shape index (κ2) is 9.53. The molecule has 2 heterocycles. The Kier molecular flexibility index (Phi) is 6.60. The van der Waals surface area contributed by atoms with Crippen molar-refractivity contribution in [2.75, 3.05) is 0 Å². The molecule has 5 heteroatoms. The van der Waals surface area contributed by atoms with Gasteiger partial charge in [-0.1, -0.05) is 43.5 Å². The van der Waals surface area contributed by atoms with Crippen LogP contribution in [0.25, 0.3) is 11.4 Å². The lowest BCUT2D eigenvalue weighted by Gasteiger charge is -2.19. The van der Waals surface area contributed by atoms with E-state index >= 15 is 0 Å². The molecule has 0 amide bonds. The molecule has 3 aromatic rings. The van der Waals surface area contributed by atoms with Crippen molar-refractivity contribution in [1.29, 1.82) is 0 Å². The number of alkyl halides is 1. The van der Waals surface area contributed by atoms with Gasteiger partial charge in [0.2, 0.25) is 0 Å². The van der Waals surface area contributed by atoms with Gasteiger partial charge in [-0.2, -0.15) is 5.10 Å². The minimum atomic E-state index is -0.191. The van der Waals surface area contributed by atoms with Crippen molar-refractivity contribution in [2.45, 2.75) is 62.8 Å². The molecule has 1 aliphatic rings.